The standard InChI is InChI=1S/C25H27ClN4O4S/c1-18-6-4-8-22(26)24(18)35(32,33)28-23(13-15-30-14-5-7-20(30)16-27)25(31)29(2)17-19-9-11-21(34-3)12-10-19/h4-12,14,23,28H,13,15,17H2,1-3H3. The number of nitrogens with zero attached hydrogens (tertiary/aromatic N) is 3. The van der Waals surface area contributed by atoms with Gasteiger partial charge in [-0.05, 0) is 54.8 Å². The Morgan fingerprint density at radius 1 is 1.20 bits per heavy atom. The summed E-state index contributed by atoms with van der Waals surface area (Å²) in [6, 6.07) is 16.5. The molecular weight excluding hydrogens is 488 g/mol. The number of benzene rings is 2. The number of rotatable bonds is 10. The molecule has 1 N–H and O–H groups in total. The second-order valence-corrected chi connectivity index (χ2v) is 10.1. The van der Waals surface area contributed by atoms with Crippen LogP contribution >= 0.6 is 11.6 Å². The van der Waals surface area contributed by atoms with Gasteiger partial charge in [-0.15, -0.1) is 0 Å². The van der Waals surface area contributed by atoms with Crippen molar-refractivity contribution in [3.8, 4) is 11.8 Å². The van der Waals surface area contributed by atoms with Crippen molar-refractivity contribution in [2.24, 2.45) is 0 Å². The highest BCUT2D eigenvalue weighted by Crippen LogP contribution is 2.25. The van der Waals surface area contributed by atoms with Crippen molar-refractivity contribution in [3.63, 3.8) is 0 Å². The minimum Gasteiger partial charge on any atom is -0.497 e. The third-order valence-corrected chi connectivity index (χ3v) is 7.69. The molecule has 2 aromatic carbocycles. The van der Waals surface area contributed by atoms with E-state index in [1.54, 1.807) is 68.2 Å². The first kappa shape index (κ1) is 26.3. The molecule has 184 valence electrons. The van der Waals surface area contributed by atoms with Crippen molar-refractivity contribution in [2.75, 3.05) is 14.2 Å². The number of amides is 1. The second-order valence-electron chi connectivity index (χ2n) is 8.09. The molecule has 10 heteroatoms. The summed E-state index contributed by atoms with van der Waals surface area (Å²) in [5, 5.41) is 9.36. The molecule has 8 nitrogen and oxygen atoms in total. The Kier molecular flexibility index (Phi) is 8.57. The van der Waals surface area contributed by atoms with Gasteiger partial charge in [0.1, 0.15) is 28.4 Å². The van der Waals surface area contributed by atoms with Gasteiger partial charge in [-0.2, -0.15) is 9.98 Å². The lowest BCUT2D eigenvalue weighted by Crippen LogP contribution is -2.47. The van der Waals surface area contributed by atoms with Crippen LogP contribution in [0.15, 0.2) is 65.7 Å². The van der Waals surface area contributed by atoms with Gasteiger partial charge in [0.2, 0.25) is 15.9 Å². The van der Waals surface area contributed by atoms with Gasteiger partial charge >= 0.3 is 0 Å². The van der Waals surface area contributed by atoms with E-state index in [0.29, 0.717) is 17.0 Å². The van der Waals surface area contributed by atoms with Gasteiger partial charge in [0.15, 0.2) is 0 Å². The minimum absolute atomic E-state index is 0.0593. The van der Waals surface area contributed by atoms with Gasteiger partial charge in [-0.3, -0.25) is 4.79 Å². The maximum atomic E-state index is 13.4. The minimum atomic E-state index is -4.11. The van der Waals surface area contributed by atoms with Crippen molar-refractivity contribution < 1.29 is 17.9 Å². The number of halogens is 1. The predicted molar refractivity (Wildman–Crippen MR) is 134 cm³/mol. The summed E-state index contributed by atoms with van der Waals surface area (Å²) < 4.78 is 36.0. The summed E-state index contributed by atoms with van der Waals surface area (Å²) in [7, 11) is -0.918. The Hall–Kier alpha value is -3.32. The number of methoxy groups -OCH3 is 1. The molecule has 0 radical (unpaired) electrons. The second kappa shape index (κ2) is 11.4. The molecule has 3 aromatic rings. The van der Waals surface area contributed by atoms with E-state index in [1.165, 1.54) is 11.0 Å². The fourth-order valence-corrected chi connectivity index (χ4v) is 5.82. The number of sulfonamides is 1. The number of aromatic nitrogens is 1. The van der Waals surface area contributed by atoms with Gasteiger partial charge < -0.3 is 14.2 Å². The maximum absolute atomic E-state index is 13.4. The van der Waals surface area contributed by atoms with Crippen LogP contribution in [0.1, 0.15) is 23.2 Å². The van der Waals surface area contributed by atoms with E-state index in [1.807, 2.05) is 12.1 Å². The highest BCUT2D eigenvalue weighted by Gasteiger charge is 2.30. The molecular formula is C25H27ClN4O4S. The fourth-order valence-electron chi connectivity index (χ4n) is 3.76. The van der Waals surface area contributed by atoms with Gasteiger partial charge in [0, 0.05) is 26.3 Å². The van der Waals surface area contributed by atoms with Gasteiger partial charge in [-0.1, -0.05) is 35.9 Å². The van der Waals surface area contributed by atoms with E-state index in [2.05, 4.69) is 10.8 Å². The Morgan fingerprint density at radius 2 is 1.91 bits per heavy atom. The molecule has 0 aliphatic heterocycles. The number of aryl methyl sites for hydroxylation is 2. The summed E-state index contributed by atoms with van der Waals surface area (Å²) >= 11 is 6.20. The summed E-state index contributed by atoms with van der Waals surface area (Å²) in [5.41, 5.74) is 1.76. The van der Waals surface area contributed by atoms with Crippen LogP contribution in [0.5, 0.6) is 5.75 Å². The van der Waals surface area contributed by atoms with E-state index in [4.69, 9.17) is 16.3 Å². The lowest BCUT2D eigenvalue weighted by Gasteiger charge is -2.25. The monoisotopic (exact) mass is 514 g/mol. The molecule has 0 spiro atoms. The van der Waals surface area contributed by atoms with Crippen LogP contribution in [-0.4, -0.2) is 44.0 Å². The Morgan fingerprint density at radius 3 is 2.54 bits per heavy atom. The number of carbonyl (C=O) groups is 1. The van der Waals surface area contributed by atoms with E-state index in [0.717, 1.165) is 5.56 Å². The van der Waals surface area contributed by atoms with E-state index in [9.17, 15) is 18.5 Å². The number of hydrogen-bond acceptors (Lipinski definition) is 5. The molecule has 0 aliphatic carbocycles. The Balaban J connectivity index is 1.86. The van der Waals surface area contributed by atoms with Crippen molar-refractivity contribution in [3.05, 3.63) is 82.6 Å². The lowest BCUT2D eigenvalue weighted by atomic mass is 10.1. The highest BCUT2D eigenvalue weighted by atomic mass is 35.5. The van der Waals surface area contributed by atoms with Crippen LogP contribution in [0.25, 0.3) is 0 Å². The maximum Gasteiger partial charge on any atom is 0.243 e. The molecule has 0 saturated carbocycles. The van der Waals surface area contributed by atoms with Crippen LogP contribution in [0, 0.1) is 18.3 Å². The number of hydrogen-bond donors (Lipinski definition) is 1. The first-order valence-electron chi connectivity index (χ1n) is 10.9. The van der Waals surface area contributed by atoms with E-state index >= 15 is 0 Å². The van der Waals surface area contributed by atoms with E-state index < -0.39 is 22.0 Å². The zero-order chi connectivity index (χ0) is 25.6. The fraction of sp³-hybridized carbons (Fsp3) is 0.280. The predicted octanol–water partition coefficient (Wildman–Crippen LogP) is 3.73. The summed E-state index contributed by atoms with van der Waals surface area (Å²) in [5.74, 6) is 0.295. The molecule has 1 unspecified atom stereocenters. The summed E-state index contributed by atoms with van der Waals surface area (Å²) in [4.78, 5) is 14.8. The smallest absolute Gasteiger partial charge is 0.243 e. The van der Waals surface area contributed by atoms with Crippen LogP contribution in [-0.2, 0) is 27.9 Å². The summed E-state index contributed by atoms with van der Waals surface area (Å²) in [6.45, 7) is 2.19. The average Bonchev–Trinajstić information content (AvgIpc) is 3.29. The third-order valence-electron chi connectivity index (χ3n) is 5.59. The van der Waals surface area contributed by atoms with Crippen LogP contribution in [0.4, 0.5) is 0 Å². The Bertz CT molecular complexity index is 1310. The van der Waals surface area contributed by atoms with Crippen molar-refractivity contribution in [2.45, 2.75) is 37.4 Å². The number of nitrogens with one attached hydrogen (secondary N) is 1. The molecule has 1 heterocycles. The van der Waals surface area contributed by atoms with Crippen molar-refractivity contribution in [1.29, 1.82) is 5.26 Å². The number of carbonyl (C=O) groups excluding carboxylic acids is 1. The SMILES string of the molecule is COc1ccc(CN(C)C(=O)C(CCn2cccc2C#N)NS(=O)(=O)c2c(C)cccc2Cl)cc1. The van der Waals surface area contributed by atoms with Gasteiger partial charge in [0.25, 0.3) is 0 Å². The molecule has 1 amide bonds. The first-order chi connectivity index (χ1) is 16.7. The van der Waals surface area contributed by atoms with Crippen LogP contribution < -0.4 is 9.46 Å². The van der Waals surface area contributed by atoms with Gasteiger partial charge in [-0.25, -0.2) is 8.42 Å². The molecule has 0 bridgehead atoms. The molecule has 1 aromatic heterocycles. The first-order valence-corrected chi connectivity index (χ1v) is 12.7. The van der Waals surface area contributed by atoms with Crippen molar-refractivity contribution in [1.82, 2.24) is 14.2 Å². The van der Waals surface area contributed by atoms with Crippen molar-refractivity contribution >= 4 is 27.5 Å². The quantitative estimate of drug-likeness (QED) is 0.444. The topological polar surface area (TPSA) is 104 Å². The zero-order valence-electron chi connectivity index (χ0n) is 19.7. The Labute approximate surface area is 210 Å². The third kappa shape index (κ3) is 6.42. The summed E-state index contributed by atoms with van der Waals surface area (Å²) in [6.07, 6.45) is 1.85. The van der Waals surface area contributed by atoms with Gasteiger partial charge in [0.05, 0.1) is 12.1 Å². The molecule has 0 fully saturated rings. The molecule has 0 aliphatic rings. The molecule has 3 rings (SSSR count). The molecule has 35 heavy (non-hydrogen) atoms. The largest absolute Gasteiger partial charge is 0.497 e. The van der Waals surface area contributed by atoms with Crippen LogP contribution in [0.3, 0.4) is 0 Å². The average molecular weight is 515 g/mol. The molecule has 1 atom stereocenters. The highest BCUT2D eigenvalue weighted by molar-refractivity contribution is 7.89. The zero-order valence-corrected chi connectivity index (χ0v) is 21.3. The normalized spacial score (nSPS) is 12.1. The number of likely N-dealkylation sites (N-methyl/N-ethyl adjacent to an activating group) is 1. The lowest BCUT2D eigenvalue weighted by molar-refractivity contribution is -0.132. The van der Waals surface area contributed by atoms with E-state index in [-0.39, 0.29) is 29.4 Å². The number of ether oxygens (including phenoxy) is 1. The van der Waals surface area contributed by atoms with Crippen LogP contribution in [0.2, 0.25) is 5.02 Å². The molecule has 0 saturated heterocycles. The number of nitriles is 1.